The predicted octanol–water partition coefficient (Wildman–Crippen LogP) is 1.55. The van der Waals surface area contributed by atoms with Gasteiger partial charge >= 0.3 is 0 Å². The van der Waals surface area contributed by atoms with Crippen molar-refractivity contribution >= 4 is 17.3 Å². The lowest BCUT2D eigenvalue weighted by molar-refractivity contribution is -0.384. The first-order valence-corrected chi connectivity index (χ1v) is 3.61. The maximum atomic E-state index is 10.6. The fourth-order valence-corrected chi connectivity index (χ4v) is 0.900. The van der Waals surface area contributed by atoms with Gasteiger partial charge in [0.05, 0.1) is 4.92 Å². The average Bonchev–Trinajstić information content (AvgIpc) is 2.03. The zero-order chi connectivity index (χ0) is 9.84. The third-order valence-electron chi connectivity index (χ3n) is 1.38. The van der Waals surface area contributed by atoms with Gasteiger partial charge in [0.25, 0.3) is 5.69 Å². The lowest BCUT2D eigenvalue weighted by Crippen LogP contribution is -2.05. The van der Waals surface area contributed by atoms with Gasteiger partial charge in [-0.25, -0.2) is 0 Å². The number of hydrogen-bond donors (Lipinski definition) is 1. The highest BCUT2D eigenvalue weighted by molar-refractivity contribution is 5.88. The minimum Gasteiger partial charge on any atom is -0.326 e. The Morgan fingerprint density at radius 1 is 1.54 bits per heavy atom. The van der Waals surface area contributed by atoms with E-state index in [0.29, 0.717) is 5.69 Å². The highest BCUT2D eigenvalue weighted by Crippen LogP contribution is 2.16. The van der Waals surface area contributed by atoms with E-state index in [1.54, 1.807) is 6.07 Å². The van der Waals surface area contributed by atoms with Gasteiger partial charge in [0, 0.05) is 24.7 Å². The van der Waals surface area contributed by atoms with Crippen molar-refractivity contribution in [3.8, 4) is 0 Å². The Labute approximate surface area is 74.5 Å². The van der Waals surface area contributed by atoms with Crippen molar-refractivity contribution in [2.75, 3.05) is 5.32 Å². The summed E-state index contributed by atoms with van der Waals surface area (Å²) in [4.78, 5) is 20.4. The summed E-state index contributed by atoms with van der Waals surface area (Å²) in [6.45, 7) is 1.35. The van der Waals surface area contributed by atoms with Crippen molar-refractivity contribution < 1.29 is 9.72 Å². The molecule has 0 radical (unpaired) electrons. The van der Waals surface area contributed by atoms with Crippen LogP contribution in [0.5, 0.6) is 0 Å². The van der Waals surface area contributed by atoms with E-state index in [4.69, 9.17) is 0 Å². The van der Waals surface area contributed by atoms with Crippen LogP contribution < -0.4 is 5.32 Å². The molecule has 1 amide bonds. The Morgan fingerprint density at radius 3 is 2.77 bits per heavy atom. The Hall–Kier alpha value is -1.91. The first-order chi connectivity index (χ1) is 6.09. The normalized spacial score (nSPS) is 9.31. The van der Waals surface area contributed by atoms with Crippen LogP contribution in [0.25, 0.3) is 0 Å². The lowest BCUT2D eigenvalue weighted by Gasteiger charge is -1.99. The van der Waals surface area contributed by atoms with Gasteiger partial charge in [-0.05, 0) is 6.07 Å². The molecule has 0 spiro atoms. The molecule has 5 nitrogen and oxygen atoms in total. The topological polar surface area (TPSA) is 72.2 Å². The molecule has 13 heavy (non-hydrogen) atoms. The second kappa shape index (κ2) is 3.66. The second-order valence-electron chi connectivity index (χ2n) is 2.49. The molecule has 0 aromatic heterocycles. The van der Waals surface area contributed by atoms with Gasteiger partial charge in [0.15, 0.2) is 0 Å². The number of hydrogen-bond acceptors (Lipinski definition) is 3. The highest BCUT2D eigenvalue weighted by Gasteiger charge is 2.05. The SMILES string of the molecule is CC(=O)N[13c]1[13cH][13cH][13cH][13c]([N+](=O)[O-])[13cH]1. The van der Waals surface area contributed by atoms with Crippen molar-refractivity contribution in [3.63, 3.8) is 0 Å². The van der Waals surface area contributed by atoms with Gasteiger partial charge in [0.2, 0.25) is 5.91 Å². The Balaban J connectivity index is 2.91. The number of anilines is 1. The number of benzene rings is 1. The van der Waals surface area contributed by atoms with Crippen LogP contribution in [0.4, 0.5) is 11.4 Å². The van der Waals surface area contributed by atoms with E-state index in [0.717, 1.165) is 0 Å². The summed E-state index contributed by atoms with van der Waals surface area (Å²) >= 11 is 0. The lowest BCUT2D eigenvalue weighted by atomic mass is 10.7. The Bertz CT molecular complexity index is 349. The zero-order valence-electron chi connectivity index (χ0n) is 6.98. The van der Waals surface area contributed by atoms with Gasteiger partial charge in [-0.2, -0.15) is 0 Å². The molecule has 1 aromatic rings. The standard InChI is InChI=1S/C8H8N2O3/c1-6(11)9-7-3-2-4-8(5-7)10(12)13/h2-5H,1H3,(H,9,11)/i2+1,3+1,4+1,5+1,7+1,8+1. The smallest absolute Gasteiger partial charge is 0.271 e. The molecule has 1 rings (SSSR count). The van der Waals surface area contributed by atoms with Crippen LogP contribution in [0.1, 0.15) is 6.92 Å². The van der Waals surface area contributed by atoms with Crippen LogP contribution in [0.2, 0.25) is 0 Å². The fourth-order valence-electron chi connectivity index (χ4n) is 0.900. The molecule has 0 aliphatic carbocycles. The minimum atomic E-state index is -0.509. The molecule has 0 atom stereocenters. The third-order valence-corrected chi connectivity index (χ3v) is 1.38. The Kier molecular flexibility index (Phi) is 2.59. The fraction of sp³-hybridized carbons (Fsp3) is 0.125. The molecule has 68 valence electrons. The monoisotopic (exact) mass is 186 g/mol. The largest absolute Gasteiger partial charge is 0.326 e. The minimum absolute atomic E-state index is 0.0359. The maximum Gasteiger partial charge on any atom is 0.271 e. The Morgan fingerprint density at radius 2 is 2.23 bits per heavy atom. The molecule has 0 saturated heterocycles. The number of nitro groups is 1. The van der Waals surface area contributed by atoms with Crippen molar-refractivity contribution in [1.29, 1.82) is 0 Å². The quantitative estimate of drug-likeness (QED) is 0.562. The van der Waals surface area contributed by atoms with Crippen molar-refractivity contribution in [2.45, 2.75) is 6.92 Å². The van der Waals surface area contributed by atoms with Crippen molar-refractivity contribution in [2.24, 2.45) is 0 Å². The van der Waals surface area contributed by atoms with E-state index in [-0.39, 0.29) is 11.6 Å². The molecule has 0 fully saturated rings. The predicted molar refractivity (Wildman–Crippen MR) is 47.4 cm³/mol. The van der Waals surface area contributed by atoms with Crippen molar-refractivity contribution in [1.82, 2.24) is 0 Å². The maximum absolute atomic E-state index is 10.6. The van der Waals surface area contributed by atoms with E-state index in [1.165, 1.54) is 25.1 Å². The van der Waals surface area contributed by atoms with Crippen LogP contribution in [-0.2, 0) is 4.79 Å². The van der Waals surface area contributed by atoms with Crippen LogP contribution in [0.15, 0.2) is 24.3 Å². The molecular weight excluding hydrogens is 178 g/mol. The second-order valence-corrected chi connectivity index (χ2v) is 2.49. The summed E-state index contributed by atoms with van der Waals surface area (Å²) in [5.41, 5.74) is 0.396. The van der Waals surface area contributed by atoms with Gasteiger partial charge < -0.3 is 5.32 Å². The number of nitrogens with zero attached hydrogens (tertiary/aromatic N) is 1. The van der Waals surface area contributed by atoms with Crippen LogP contribution in [0.3, 0.4) is 0 Å². The number of rotatable bonds is 2. The first kappa shape index (κ1) is 9.18. The van der Waals surface area contributed by atoms with Gasteiger partial charge in [-0.3, -0.25) is 14.9 Å². The molecule has 5 heteroatoms. The van der Waals surface area contributed by atoms with Crippen molar-refractivity contribution in [3.05, 3.63) is 34.4 Å². The summed E-state index contributed by atoms with van der Waals surface area (Å²) in [5, 5.41) is 12.8. The average molecular weight is 186 g/mol. The summed E-state index contributed by atoms with van der Waals surface area (Å²) < 4.78 is 0. The van der Waals surface area contributed by atoms with Gasteiger partial charge in [-0.15, -0.1) is 0 Å². The summed E-state index contributed by atoms with van der Waals surface area (Å²) in [6, 6.07) is 5.78. The van der Waals surface area contributed by atoms with E-state index in [1.807, 2.05) is 0 Å². The first-order valence-electron chi connectivity index (χ1n) is 3.61. The highest BCUT2D eigenvalue weighted by atomic mass is 16.6. The van der Waals surface area contributed by atoms with Gasteiger partial charge in [-0.1, -0.05) is 6.07 Å². The van der Waals surface area contributed by atoms with Crippen LogP contribution in [0, 0.1) is 10.1 Å². The van der Waals surface area contributed by atoms with E-state index in [9.17, 15) is 14.9 Å². The molecule has 0 aliphatic heterocycles. The number of nitro benzene ring substituents is 1. The van der Waals surface area contributed by atoms with Crippen LogP contribution in [-0.4, -0.2) is 10.8 Å². The molecule has 1 N–H and O–H groups in total. The summed E-state index contributed by atoms with van der Waals surface area (Å²) in [5.74, 6) is -0.250. The molecular formula is C8H8N2O3. The number of carbonyl (C=O) groups excluding carboxylic acids is 1. The molecule has 0 heterocycles. The molecule has 0 bridgehead atoms. The zero-order valence-corrected chi connectivity index (χ0v) is 6.98. The third kappa shape index (κ3) is 2.55. The molecule has 1 aromatic carbocycles. The summed E-state index contributed by atoms with van der Waals surface area (Å²) in [7, 11) is 0. The molecule has 0 unspecified atom stereocenters. The number of amides is 1. The van der Waals surface area contributed by atoms with Crippen LogP contribution >= 0.6 is 0 Å². The van der Waals surface area contributed by atoms with E-state index >= 15 is 0 Å². The van der Waals surface area contributed by atoms with E-state index < -0.39 is 4.92 Å². The number of non-ortho nitro benzene ring substituents is 1. The summed E-state index contributed by atoms with van der Waals surface area (Å²) in [6.07, 6.45) is 0. The number of nitrogens with one attached hydrogen (secondary N) is 1. The van der Waals surface area contributed by atoms with Gasteiger partial charge in [0.1, 0.15) is 0 Å². The molecule has 0 aliphatic rings. The van der Waals surface area contributed by atoms with E-state index in [2.05, 4.69) is 5.32 Å². The number of carbonyl (C=O) groups is 1. The molecule has 0 saturated carbocycles.